The van der Waals surface area contributed by atoms with Crippen molar-refractivity contribution in [1.29, 1.82) is 5.26 Å². The van der Waals surface area contributed by atoms with Gasteiger partial charge in [0, 0.05) is 23.1 Å². The number of hydrogen-bond donors (Lipinski definition) is 0. The van der Waals surface area contributed by atoms with Gasteiger partial charge < -0.3 is 23.7 Å². The van der Waals surface area contributed by atoms with E-state index in [0.29, 0.717) is 17.9 Å². The third-order valence-electron chi connectivity index (χ3n) is 9.13. The summed E-state index contributed by atoms with van der Waals surface area (Å²) in [4.78, 5) is 25.6. The van der Waals surface area contributed by atoms with E-state index in [9.17, 15) is 9.59 Å². The molecule has 0 aromatic heterocycles. The SMILES string of the molecule is CCC1(COCCCCCCOc2ccc(C(=O)Oc3ccc4c(c3)C(F)(F)c3cc(C(=O)Oc5ccc(C#N)cc5)ccc3-4)cc2)COC1. The molecule has 4 aromatic carbocycles. The van der Waals surface area contributed by atoms with Crippen molar-refractivity contribution in [3.63, 3.8) is 0 Å². The molecule has 0 unspecified atom stereocenters. The fourth-order valence-electron chi connectivity index (χ4n) is 5.93. The van der Waals surface area contributed by atoms with Crippen LogP contribution in [0.15, 0.2) is 84.9 Å². The molecule has 1 heterocycles. The van der Waals surface area contributed by atoms with Gasteiger partial charge in [0.05, 0.1) is 49.2 Å². The molecule has 1 saturated heterocycles. The van der Waals surface area contributed by atoms with Crippen LogP contribution in [0.5, 0.6) is 17.2 Å². The molecule has 258 valence electrons. The van der Waals surface area contributed by atoms with Gasteiger partial charge in [0.1, 0.15) is 17.2 Å². The lowest BCUT2D eigenvalue weighted by Crippen LogP contribution is -2.45. The van der Waals surface area contributed by atoms with Crippen molar-refractivity contribution in [3.8, 4) is 34.4 Å². The van der Waals surface area contributed by atoms with Crippen molar-refractivity contribution in [2.75, 3.05) is 33.0 Å². The van der Waals surface area contributed by atoms with Gasteiger partial charge in [-0.1, -0.05) is 25.5 Å². The molecule has 0 spiro atoms. The average Bonchev–Trinajstić information content (AvgIpc) is 3.34. The Bertz CT molecular complexity index is 1870. The normalized spacial score (nSPS) is 14.8. The smallest absolute Gasteiger partial charge is 0.343 e. The highest BCUT2D eigenvalue weighted by atomic mass is 19.3. The number of unbranched alkanes of at least 4 members (excludes halogenated alkanes) is 3. The maximum absolute atomic E-state index is 15.7. The molecule has 10 heteroatoms. The molecule has 0 atom stereocenters. The highest BCUT2D eigenvalue weighted by molar-refractivity contribution is 5.94. The minimum atomic E-state index is -3.45. The number of alkyl halides is 2. The number of ether oxygens (including phenoxy) is 5. The van der Waals surface area contributed by atoms with Crippen LogP contribution in [0.1, 0.15) is 76.4 Å². The number of halogens is 2. The van der Waals surface area contributed by atoms with Crippen molar-refractivity contribution in [3.05, 3.63) is 113 Å². The number of esters is 2. The van der Waals surface area contributed by atoms with Gasteiger partial charge in [-0.25, -0.2) is 9.59 Å². The first-order chi connectivity index (χ1) is 24.2. The molecule has 8 nitrogen and oxygen atoms in total. The number of benzene rings is 4. The van der Waals surface area contributed by atoms with E-state index in [4.69, 9.17) is 28.9 Å². The van der Waals surface area contributed by atoms with Gasteiger partial charge in [-0.15, -0.1) is 0 Å². The van der Waals surface area contributed by atoms with Gasteiger partial charge >= 0.3 is 11.9 Å². The molecule has 1 aliphatic heterocycles. The highest BCUT2D eigenvalue weighted by Gasteiger charge is 2.45. The summed E-state index contributed by atoms with van der Waals surface area (Å²) in [5.41, 5.74) is 0.657. The van der Waals surface area contributed by atoms with Crippen LogP contribution in [0.4, 0.5) is 8.78 Å². The summed E-state index contributed by atoms with van der Waals surface area (Å²) in [7, 11) is 0. The number of carbonyl (C=O) groups is 2. The Morgan fingerprint density at radius 1 is 0.740 bits per heavy atom. The molecule has 4 aromatic rings. The number of fused-ring (bicyclic) bond motifs is 3. The number of hydrogen-bond acceptors (Lipinski definition) is 8. The van der Waals surface area contributed by atoms with Gasteiger partial charge in [-0.05, 0) is 110 Å². The predicted molar refractivity (Wildman–Crippen MR) is 181 cm³/mol. The van der Waals surface area contributed by atoms with Crippen molar-refractivity contribution >= 4 is 11.9 Å². The molecule has 0 amide bonds. The molecular formula is C40H37F2NO7. The van der Waals surface area contributed by atoms with Crippen LogP contribution < -0.4 is 14.2 Å². The molecule has 6 rings (SSSR count). The Kier molecular flexibility index (Phi) is 10.6. The zero-order valence-corrected chi connectivity index (χ0v) is 27.7. The van der Waals surface area contributed by atoms with Crippen molar-refractivity contribution < 1.29 is 42.1 Å². The van der Waals surface area contributed by atoms with E-state index in [1.54, 1.807) is 24.3 Å². The fourth-order valence-corrected chi connectivity index (χ4v) is 5.93. The van der Waals surface area contributed by atoms with E-state index in [1.807, 2.05) is 6.07 Å². The molecule has 0 bridgehead atoms. The summed E-state index contributed by atoms with van der Waals surface area (Å²) >= 11 is 0. The lowest BCUT2D eigenvalue weighted by Gasteiger charge is -2.40. The Hall–Kier alpha value is -5.11. The summed E-state index contributed by atoms with van der Waals surface area (Å²) < 4.78 is 59.2. The van der Waals surface area contributed by atoms with Crippen molar-refractivity contribution in [2.45, 2.75) is 45.0 Å². The van der Waals surface area contributed by atoms with Gasteiger partial charge in [-0.2, -0.15) is 14.0 Å². The summed E-state index contributed by atoms with van der Waals surface area (Å²) in [5, 5.41) is 8.94. The Morgan fingerprint density at radius 3 is 1.98 bits per heavy atom. The first-order valence-corrected chi connectivity index (χ1v) is 16.7. The molecule has 50 heavy (non-hydrogen) atoms. The minimum Gasteiger partial charge on any atom is -0.494 e. The van der Waals surface area contributed by atoms with E-state index < -0.39 is 17.9 Å². The molecule has 1 fully saturated rings. The maximum Gasteiger partial charge on any atom is 0.343 e. The summed E-state index contributed by atoms with van der Waals surface area (Å²) in [6, 6.07) is 22.4. The summed E-state index contributed by atoms with van der Waals surface area (Å²) in [6.07, 6.45) is 5.06. The van der Waals surface area contributed by atoms with Crippen molar-refractivity contribution in [1.82, 2.24) is 0 Å². The van der Waals surface area contributed by atoms with Crippen LogP contribution in [0.25, 0.3) is 11.1 Å². The molecule has 0 N–H and O–H groups in total. The first-order valence-electron chi connectivity index (χ1n) is 16.7. The molecule has 2 aliphatic rings. The molecule has 0 radical (unpaired) electrons. The molecule has 1 aliphatic carbocycles. The fraction of sp³-hybridized carbons (Fsp3) is 0.325. The van der Waals surface area contributed by atoms with Crippen LogP contribution >= 0.6 is 0 Å². The molecule has 0 saturated carbocycles. The van der Waals surface area contributed by atoms with E-state index in [-0.39, 0.29) is 50.3 Å². The van der Waals surface area contributed by atoms with Gasteiger partial charge in [0.25, 0.3) is 5.92 Å². The van der Waals surface area contributed by atoms with Gasteiger partial charge in [0.15, 0.2) is 0 Å². The second kappa shape index (κ2) is 15.2. The molecular weight excluding hydrogens is 644 g/mol. The largest absolute Gasteiger partial charge is 0.494 e. The third-order valence-corrected chi connectivity index (χ3v) is 9.13. The van der Waals surface area contributed by atoms with E-state index in [0.717, 1.165) is 70.7 Å². The van der Waals surface area contributed by atoms with Crippen molar-refractivity contribution in [2.24, 2.45) is 5.41 Å². The maximum atomic E-state index is 15.7. The third kappa shape index (κ3) is 7.70. The number of nitrogens with zero attached hydrogens (tertiary/aromatic N) is 1. The Morgan fingerprint density at radius 2 is 1.32 bits per heavy atom. The predicted octanol–water partition coefficient (Wildman–Crippen LogP) is 8.50. The van der Waals surface area contributed by atoms with Crippen LogP contribution in [0.2, 0.25) is 0 Å². The van der Waals surface area contributed by atoms with Crippen LogP contribution in [-0.2, 0) is 15.4 Å². The highest BCUT2D eigenvalue weighted by Crippen LogP contribution is 2.52. The average molecular weight is 682 g/mol. The second-order valence-corrected chi connectivity index (χ2v) is 12.6. The summed E-state index contributed by atoms with van der Waals surface area (Å²) in [6.45, 7) is 5.83. The van der Waals surface area contributed by atoms with E-state index >= 15 is 8.78 Å². The van der Waals surface area contributed by atoms with E-state index in [1.165, 1.54) is 48.5 Å². The lowest BCUT2D eigenvalue weighted by molar-refractivity contribution is -0.150. The topological polar surface area (TPSA) is 104 Å². The lowest BCUT2D eigenvalue weighted by atomic mass is 9.84. The zero-order valence-electron chi connectivity index (χ0n) is 27.7. The van der Waals surface area contributed by atoms with Crippen LogP contribution in [-0.4, -0.2) is 45.0 Å². The van der Waals surface area contributed by atoms with E-state index in [2.05, 4.69) is 6.92 Å². The summed E-state index contributed by atoms with van der Waals surface area (Å²) in [5.74, 6) is -4.19. The zero-order chi connectivity index (χ0) is 35.1. The van der Waals surface area contributed by atoms with Gasteiger partial charge in [0.2, 0.25) is 0 Å². The van der Waals surface area contributed by atoms with Crippen LogP contribution in [0.3, 0.4) is 0 Å². The second-order valence-electron chi connectivity index (χ2n) is 12.6. The number of rotatable bonds is 15. The monoisotopic (exact) mass is 681 g/mol. The quantitative estimate of drug-likeness (QED) is 0.0699. The Balaban J connectivity index is 0.976. The number of nitriles is 1. The number of carbonyl (C=O) groups excluding carboxylic acids is 2. The minimum absolute atomic E-state index is 0.0330. The first kappa shape index (κ1) is 34.7. The Labute approximate surface area is 289 Å². The van der Waals surface area contributed by atoms with Crippen LogP contribution in [0, 0.1) is 16.7 Å². The standard InChI is InChI=1S/C40H37F2NO7/c1-2-39(25-47-26-39)24-46-19-5-3-4-6-20-48-30-14-9-28(10-15-30)37(44)50-32-16-18-34-33-17-11-29(21-35(33)40(41,42)36(34)22-32)38(45)49-31-12-7-27(23-43)8-13-31/h7-18,21-22H,2-6,19-20,24-26H2,1H3. The van der Waals surface area contributed by atoms with Gasteiger partial charge in [-0.3, -0.25) is 0 Å².